The molecule has 31 heavy (non-hydrogen) atoms. The van der Waals surface area contributed by atoms with Crippen LogP contribution >= 0.6 is 11.6 Å². The lowest BCUT2D eigenvalue weighted by atomic mass is 9.97. The van der Waals surface area contributed by atoms with Crippen molar-refractivity contribution in [3.05, 3.63) is 82.9 Å². The van der Waals surface area contributed by atoms with E-state index >= 15 is 0 Å². The average Bonchev–Trinajstić information content (AvgIpc) is 3.39. The summed E-state index contributed by atoms with van der Waals surface area (Å²) in [6.45, 7) is 3.34. The van der Waals surface area contributed by atoms with Crippen molar-refractivity contribution in [1.29, 1.82) is 0 Å². The Labute approximate surface area is 185 Å². The first-order chi connectivity index (χ1) is 15.1. The second-order valence-electron chi connectivity index (χ2n) is 7.93. The zero-order valence-corrected chi connectivity index (χ0v) is 17.9. The number of fused-ring (bicyclic) bond motifs is 1. The number of amides is 1. The Hall–Kier alpha value is -3.31. The van der Waals surface area contributed by atoms with Gasteiger partial charge in [0.05, 0.1) is 0 Å². The van der Waals surface area contributed by atoms with E-state index in [1.807, 2.05) is 47.4 Å². The summed E-state index contributed by atoms with van der Waals surface area (Å²) in [5, 5.41) is 3.94. The number of aryl methyl sites for hydroxylation is 1. The summed E-state index contributed by atoms with van der Waals surface area (Å²) >= 11 is 6.02. The van der Waals surface area contributed by atoms with Crippen molar-refractivity contribution < 1.29 is 9.21 Å². The summed E-state index contributed by atoms with van der Waals surface area (Å²) in [6, 6.07) is 22.0. The fraction of sp³-hybridized carbons (Fsp3) is 0.200. The summed E-state index contributed by atoms with van der Waals surface area (Å²) in [5.74, 6) is 0.0470. The fourth-order valence-electron chi connectivity index (χ4n) is 4.10. The minimum Gasteiger partial charge on any atom is -0.423 e. The lowest BCUT2D eigenvalue weighted by Gasteiger charge is -2.19. The summed E-state index contributed by atoms with van der Waals surface area (Å²) in [7, 11) is 0. The van der Waals surface area contributed by atoms with Crippen LogP contribution in [0.5, 0.6) is 0 Å². The number of rotatable bonds is 4. The van der Waals surface area contributed by atoms with Crippen LogP contribution in [-0.2, 0) is 0 Å². The molecule has 1 fully saturated rings. The highest BCUT2D eigenvalue weighted by Crippen LogP contribution is 2.28. The van der Waals surface area contributed by atoms with Crippen LogP contribution in [0, 0.1) is 6.92 Å². The number of nitrogens with zero attached hydrogens (tertiary/aromatic N) is 2. The highest BCUT2D eigenvalue weighted by Gasteiger charge is 2.29. The molecule has 1 atom stereocenters. The number of anilines is 1. The maximum Gasteiger partial charge on any atom is 0.295 e. The highest BCUT2D eigenvalue weighted by molar-refractivity contribution is 6.31. The SMILES string of the molecule is Cc1cccc(-c2ccccc2C(=O)N2CC[C@@H](Nc3nc4ccc(Cl)cc4o3)C2)c1. The van der Waals surface area contributed by atoms with Crippen molar-refractivity contribution in [3.8, 4) is 11.1 Å². The van der Waals surface area contributed by atoms with Gasteiger partial charge in [-0.25, -0.2) is 0 Å². The zero-order chi connectivity index (χ0) is 21.4. The van der Waals surface area contributed by atoms with Gasteiger partial charge in [-0.05, 0) is 42.7 Å². The van der Waals surface area contributed by atoms with Crippen molar-refractivity contribution in [2.24, 2.45) is 0 Å². The number of nitrogens with one attached hydrogen (secondary N) is 1. The van der Waals surface area contributed by atoms with Crippen LogP contribution in [0.4, 0.5) is 6.01 Å². The Balaban J connectivity index is 1.32. The van der Waals surface area contributed by atoms with Gasteiger partial charge in [0.25, 0.3) is 11.9 Å². The molecule has 4 aromatic rings. The van der Waals surface area contributed by atoms with E-state index in [9.17, 15) is 4.79 Å². The molecule has 1 aliphatic rings. The molecule has 2 heterocycles. The molecule has 0 aliphatic carbocycles. The van der Waals surface area contributed by atoms with Crippen LogP contribution in [0.1, 0.15) is 22.3 Å². The molecule has 0 spiro atoms. The quantitative estimate of drug-likeness (QED) is 0.444. The summed E-state index contributed by atoms with van der Waals surface area (Å²) in [4.78, 5) is 19.7. The van der Waals surface area contributed by atoms with Gasteiger partial charge in [-0.3, -0.25) is 4.79 Å². The first kappa shape index (κ1) is 19.6. The molecule has 0 bridgehead atoms. The first-order valence-electron chi connectivity index (χ1n) is 10.3. The number of aromatic nitrogens is 1. The van der Waals surface area contributed by atoms with Crippen LogP contribution < -0.4 is 5.32 Å². The highest BCUT2D eigenvalue weighted by atomic mass is 35.5. The van der Waals surface area contributed by atoms with E-state index in [1.54, 1.807) is 12.1 Å². The van der Waals surface area contributed by atoms with Gasteiger partial charge in [0, 0.05) is 35.8 Å². The molecule has 0 saturated carbocycles. The number of hydrogen-bond acceptors (Lipinski definition) is 4. The third-order valence-electron chi connectivity index (χ3n) is 5.64. The van der Waals surface area contributed by atoms with Crippen molar-refractivity contribution in [3.63, 3.8) is 0 Å². The number of likely N-dealkylation sites (tertiary alicyclic amines) is 1. The molecule has 5 nitrogen and oxygen atoms in total. The number of benzene rings is 3. The fourth-order valence-corrected chi connectivity index (χ4v) is 4.26. The second-order valence-corrected chi connectivity index (χ2v) is 8.36. The Bertz CT molecular complexity index is 1270. The van der Waals surface area contributed by atoms with Crippen molar-refractivity contribution in [1.82, 2.24) is 9.88 Å². The normalized spacial score (nSPS) is 16.1. The molecule has 1 aliphatic heterocycles. The molecule has 0 radical (unpaired) electrons. The van der Waals surface area contributed by atoms with Gasteiger partial charge in [-0.2, -0.15) is 4.98 Å². The van der Waals surface area contributed by atoms with Crippen molar-refractivity contribution in [2.75, 3.05) is 18.4 Å². The van der Waals surface area contributed by atoms with E-state index in [1.165, 1.54) is 5.56 Å². The van der Waals surface area contributed by atoms with E-state index in [-0.39, 0.29) is 11.9 Å². The van der Waals surface area contributed by atoms with E-state index in [0.717, 1.165) is 28.6 Å². The standard InChI is InChI=1S/C25H22ClN3O2/c1-16-5-4-6-17(13-16)20-7-2-3-8-21(20)24(30)29-12-11-19(15-29)27-25-28-22-10-9-18(26)14-23(22)31-25/h2-10,13-14,19H,11-12,15H2,1H3,(H,27,28)/t19-/m1/s1. The maximum absolute atomic E-state index is 13.3. The molecule has 1 saturated heterocycles. The summed E-state index contributed by atoms with van der Waals surface area (Å²) in [5.41, 5.74) is 5.32. The topological polar surface area (TPSA) is 58.4 Å². The van der Waals surface area contributed by atoms with Gasteiger partial charge in [0.2, 0.25) is 0 Å². The molecule has 3 aromatic carbocycles. The van der Waals surface area contributed by atoms with Crippen LogP contribution in [0.2, 0.25) is 5.02 Å². The molecular weight excluding hydrogens is 410 g/mol. The molecule has 5 rings (SSSR count). The summed E-state index contributed by atoms with van der Waals surface area (Å²) < 4.78 is 5.77. The lowest BCUT2D eigenvalue weighted by Crippen LogP contribution is -2.32. The molecule has 1 aromatic heterocycles. The Morgan fingerprint density at radius 2 is 2.00 bits per heavy atom. The number of hydrogen-bond donors (Lipinski definition) is 1. The van der Waals surface area contributed by atoms with E-state index < -0.39 is 0 Å². The van der Waals surface area contributed by atoms with Gasteiger partial charge >= 0.3 is 0 Å². The monoisotopic (exact) mass is 431 g/mol. The number of halogens is 1. The number of oxazole rings is 1. The second kappa shape index (κ2) is 8.08. The lowest BCUT2D eigenvalue weighted by molar-refractivity contribution is 0.0792. The first-order valence-corrected chi connectivity index (χ1v) is 10.7. The third-order valence-corrected chi connectivity index (χ3v) is 5.88. The predicted molar refractivity (Wildman–Crippen MR) is 124 cm³/mol. The minimum atomic E-state index is 0.0470. The zero-order valence-electron chi connectivity index (χ0n) is 17.1. The molecule has 156 valence electrons. The molecular formula is C25H22ClN3O2. The molecule has 6 heteroatoms. The van der Waals surface area contributed by atoms with E-state index in [2.05, 4.69) is 29.4 Å². The smallest absolute Gasteiger partial charge is 0.295 e. The third kappa shape index (κ3) is 4.01. The molecule has 1 amide bonds. The number of carbonyl (C=O) groups is 1. The maximum atomic E-state index is 13.3. The molecule has 0 unspecified atom stereocenters. The van der Waals surface area contributed by atoms with Gasteiger partial charge in [-0.15, -0.1) is 0 Å². The Kier molecular flexibility index (Phi) is 5.12. The molecule has 1 N–H and O–H groups in total. The number of carbonyl (C=O) groups excluding carboxylic acids is 1. The predicted octanol–water partition coefficient (Wildman–Crippen LogP) is 5.78. The van der Waals surface area contributed by atoms with Crippen LogP contribution in [0.3, 0.4) is 0 Å². The van der Waals surface area contributed by atoms with Gasteiger partial charge < -0.3 is 14.6 Å². The Morgan fingerprint density at radius 1 is 1.13 bits per heavy atom. The van der Waals surface area contributed by atoms with Gasteiger partial charge in [-0.1, -0.05) is 59.6 Å². The van der Waals surface area contributed by atoms with Crippen LogP contribution in [0.25, 0.3) is 22.2 Å². The van der Waals surface area contributed by atoms with E-state index in [0.29, 0.717) is 29.7 Å². The van der Waals surface area contributed by atoms with Gasteiger partial charge in [0.1, 0.15) is 5.52 Å². The van der Waals surface area contributed by atoms with E-state index in [4.69, 9.17) is 16.0 Å². The summed E-state index contributed by atoms with van der Waals surface area (Å²) in [6.07, 6.45) is 0.831. The minimum absolute atomic E-state index is 0.0470. The average molecular weight is 432 g/mol. The van der Waals surface area contributed by atoms with Gasteiger partial charge in [0.15, 0.2) is 5.58 Å². The van der Waals surface area contributed by atoms with Crippen molar-refractivity contribution >= 4 is 34.6 Å². The Morgan fingerprint density at radius 3 is 2.87 bits per heavy atom. The van der Waals surface area contributed by atoms with Crippen LogP contribution in [0.15, 0.2) is 71.1 Å². The largest absolute Gasteiger partial charge is 0.423 e. The van der Waals surface area contributed by atoms with Crippen molar-refractivity contribution in [2.45, 2.75) is 19.4 Å². The van der Waals surface area contributed by atoms with Crippen LogP contribution in [-0.4, -0.2) is 34.9 Å².